The van der Waals surface area contributed by atoms with Crippen LogP contribution in [0.2, 0.25) is 0 Å². The maximum Gasteiger partial charge on any atom is 0.209 e. The van der Waals surface area contributed by atoms with E-state index in [0.717, 1.165) is 31.3 Å². The molecule has 0 N–H and O–H groups in total. The van der Waals surface area contributed by atoms with E-state index in [-0.39, 0.29) is 0 Å². The van der Waals surface area contributed by atoms with Crippen molar-refractivity contribution in [2.75, 3.05) is 13.1 Å². The Labute approximate surface area is 62.2 Å². The molecule has 0 aromatic rings. The van der Waals surface area contributed by atoms with Gasteiger partial charge >= 0.3 is 0 Å². The first-order chi connectivity index (χ1) is 4.74. The summed E-state index contributed by atoms with van der Waals surface area (Å²) in [5.74, 6) is 1.47. The molecular weight excluding hydrogens is 126 g/mol. The van der Waals surface area contributed by atoms with Gasteiger partial charge in [-0.25, -0.2) is 0 Å². The summed E-state index contributed by atoms with van der Waals surface area (Å²) in [6, 6.07) is 0. The average Bonchev–Trinajstić information content (AvgIpc) is 2.34. The molecule has 2 nitrogen and oxygen atoms in total. The van der Waals surface area contributed by atoms with E-state index in [2.05, 4.69) is 13.8 Å². The quantitative estimate of drug-likeness (QED) is 0.528. The summed E-state index contributed by atoms with van der Waals surface area (Å²) in [6.07, 6.45) is 2.15. The number of nitrogens with zero attached hydrogens (tertiary/aromatic N) is 1. The maximum atomic E-state index is 10.3. The summed E-state index contributed by atoms with van der Waals surface area (Å²) in [5, 5.41) is 0. The lowest BCUT2D eigenvalue weighted by atomic mass is 9.95. The van der Waals surface area contributed by atoms with E-state index in [4.69, 9.17) is 0 Å². The first-order valence-electron chi connectivity index (χ1n) is 3.93. The average molecular weight is 141 g/mol. The molecule has 0 aromatic heterocycles. The lowest BCUT2D eigenvalue weighted by Gasteiger charge is -2.13. The molecule has 1 unspecified atom stereocenters. The summed E-state index contributed by atoms with van der Waals surface area (Å²) in [4.78, 5) is 12.2. The van der Waals surface area contributed by atoms with Crippen LogP contribution in [0, 0.1) is 11.8 Å². The molecule has 0 spiro atoms. The van der Waals surface area contributed by atoms with Gasteiger partial charge in [0.25, 0.3) is 0 Å². The van der Waals surface area contributed by atoms with E-state index in [1.54, 1.807) is 0 Å². The Hall–Kier alpha value is -0.530. The maximum absolute atomic E-state index is 10.3. The number of hydrogen-bond acceptors (Lipinski definition) is 1. The van der Waals surface area contributed by atoms with Crippen LogP contribution in [0.3, 0.4) is 0 Å². The summed E-state index contributed by atoms with van der Waals surface area (Å²) in [5.41, 5.74) is 0. The van der Waals surface area contributed by atoms with Crippen molar-refractivity contribution in [2.24, 2.45) is 11.8 Å². The molecule has 0 aliphatic carbocycles. The first-order valence-corrected chi connectivity index (χ1v) is 3.93. The van der Waals surface area contributed by atoms with Crippen LogP contribution in [0.4, 0.5) is 0 Å². The third-order valence-corrected chi connectivity index (χ3v) is 2.35. The van der Waals surface area contributed by atoms with Gasteiger partial charge in [-0.15, -0.1) is 0 Å². The Bertz CT molecular complexity index is 122. The molecule has 0 radical (unpaired) electrons. The molecule has 1 heterocycles. The van der Waals surface area contributed by atoms with Gasteiger partial charge in [0.15, 0.2) is 0 Å². The van der Waals surface area contributed by atoms with Crippen LogP contribution in [0.15, 0.2) is 0 Å². The lowest BCUT2D eigenvalue weighted by molar-refractivity contribution is -0.117. The van der Waals surface area contributed by atoms with E-state index in [1.165, 1.54) is 6.42 Å². The van der Waals surface area contributed by atoms with Crippen molar-refractivity contribution in [2.45, 2.75) is 20.3 Å². The van der Waals surface area contributed by atoms with Crippen molar-refractivity contribution in [3.63, 3.8) is 0 Å². The molecule has 1 amide bonds. The Balaban J connectivity index is 2.35. The van der Waals surface area contributed by atoms with E-state index < -0.39 is 0 Å². The Morgan fingerprint density at radius 2 is 2.30 bits per heavy atom. The van der Waals surface area contributed by atoms with Gasteiger partial charge in [0.2, 0.25) is 6.41 Å². The Kier molecular flexibility index (Phi) is 2.30. The summed E-state index contributed by atoms with van der Waals surface area (Å²) >= 11 is 0. The molecule has 1 rings (SSSR count). The minimum absolute atomic E-state index is 0.727. The largest absolute Gasteiger partial charge is 0.345 e. The third kappa shape index (κ3) is 1.49. The van der Waals surface area contributed by atoms with E-state index >= 15 is 0 Å². The van der Waals surface area contributed by atoms with Crippen LogP contribution in [-0.4, -0.2) is 24.4 Å². The second-order valence-corrected chi connectivity index (χ2v) is 3.39. The van der Waals surface area contributed by atoms with Crippen LogP contribution < -0.4 is 0 Å². The van der Waals surface area contributed by atoms with E-state index in [0.29, 0.717) is 0 Å². The van der Waals surface area contributed by atoms with Gasteiger partial charge in [-0.1, -0.05) is 13.8 Å². The minimum Gasteiger partial charge on any atom is -0.345 e. The molecule has 0 bridgehead atoms. The molecule has 1 aliphatic rings. The van der Waals surface area contributed by atoms with Gasteiger partial charge in [0.1, 0.15) is 0 Å². The third-order valence-electron chi connectivity index (χ3n) is 2.35. The van der Waals surface area contributed by atoms with Gasteiger partial charge in [0.05, 0.1) is 0 Å². The predicted octanol–water partition coefficient (Wildman–Crippen LogP) is 1.12. The van der Waals surface area contributed by atoms with Crippen molar-refractivity contribution in [3.8, 4) is 0 Å². The number of rotatable bonds is 2. The van der Waals surface area contributed by atoms with Crippen LogP contribution in [0.5, 0.6) is 0 Å². The summed E-state index contributed by atoms with van der Waals surface area (Å²) in [6.45, 7) is 6.38. The van der Waals surface area contributed by atoms with Gasteiger partial charge in [-0.2, -0.15) is 0 Å². The van der Waals surface area contributed by atoms with E-state index in [9.17, 15) is 4.79 Å². The Morgan fingerprint density at radius 3 is 2.60 bits per heavy atom. The Morgan fingerprint density at radius 1 is 1.60 bits per heavy atom. The fourth-order valence-corrected chi connectivity index (χ4v) is 1.46. The monoisotopic (exact) mass is 141 g/mol. The van der Waals surface area contributed by atoms with Crippen molar-refractivity contribution in [3.05, 3.63) is 0 Å². The standard InChI is InChI=1S/C8H15NO/c1-7(2)8-3-4-9(5-8)6-10/h6-8H,3-5H2,1-2H3. The van der Waals surface area contributed by atoms with Crippen LogP contribution in [-0.2, 0) is 4.79 Å². The molecule has 1 saturated heterocycles. The molecular formula is C8H15NO. The molecule has 1 fully saturated rings. The smallest absolute Gasteiger partial charge is 0.209 e. The SMILES string of the molecule is CC(C)C1CCN(C=O)C1. The van der Waals surface area contributed by atoms with Crippen molar-refractivity contribution in [1.82, 2.24) is 4.90 Å². The van der Waals surface area contributed by atoms with Crippen molar-refractivity contribution >= 4 is 6.41 Å². The number of likely N-dealkylation sites (tertiary alicyclic amines) is 1. The molecule has 1 aliphatic heterocycles. The minimum atomic E-state index is 0.727. The van der Waals surface area contributed by atoms with Crippen molar-refractivity contribution < 1.29 is 4.79 Å². The number of carbonyl (C=O) groups is 1. The topological polar surface area (TPSA) is 20.3 Å². The van der Waals surface area contributed by atoms with Gasteiger partial charge in [0, 0.05) is 13.1 Å². The molecule has 58 valence electrons. The number of hydrogen-bond donors (Lipinski definition) is 0. The summed E-state index contributed by atoms with van der Waals surface area (Å²) in [7, 11) is 0. The highest BCUT2D eigenvalue weighted by Gasteiger charge is 2.23. The molecule has 0 aromatic carbocycles. The second kappa shape index (κ2) is 3.04. The second-order valence-electron chi connectivity index (χ2n) is 3.39. The highest BCUT2D eigenvalue weighted by molar-refractivity contribution is 5.47. The number of amides is 1. The fourth-order valence-electron chi connectivity index (χ4n) is 1.46. The normalized spacial score (nSPS) is 25.9. The summed E-state index contributed by atoms with van der Waals surface area (Å²) < 4.78 is 0. The van der Waals surface area contributed by atoms with Crippen LogP contribution >= 0.6 is 0 Å². The molecule has 1 atom stereocenters. The van der Waals surface area contributed by atoms with Crippen LogP contribution in [0.1, 0.15) is 20.3 Å². The zero-order valence-corrected chi connectivity index (χ0v) is 6.71. The van der Waals surface area contributed by atoms with E-state index in [1.807, 2.05) is 4.90 Å². The van der Waals surface area contributed by atoms with Crippen molar-refractivity contribution in [1.29, 1.82) is 0 Å². The van der Waals surface area contributed by atoms with Crippen LogP contribution in [0.25, 0.3) is 0 Å². The zero-order chi connectivity index (χ0) is 7.56. The fraction of sp³-hybridized carbons (Fsp3) is 0.875. The first kappa shape index (κ1) is 7.58. The lowest BCUT2D eigenvalue weighted by Crippen LogP contribution is -2.19. The van der Waals surface area contributed by atoms with Gasteiger partial charge < -0.3 is 4.90 Å². The highest BCUT2D eigenvalue weighted by atomic mass is 16.1. The number of carbonyl (C=O) groups excluding carboxylic acids is 1. The molecule has 2 heteroatoms. The molecule has 0 saturated carbocycles. The van der Waals surface area contributed by atoms with Gasteiger partial charge in [-0.3, -0.25) is 4.79 Å². The zero-order valence-electron chi connectivity index (χ0n) is 6.71. The highest BCUT2D eigenvalue weighted by Crippen LogP contribution is 2.21. The molecule has 10 heavy (non-hydrogen) atoms. The predicted molar refractivity (Wildman–Crippen MR) is 40.6 cm³/mol. The van der Waals surface area contributed by atoms with Gasteiger partial charge in [-0.05, 0) is 18.3 Å².